The van der Waals surface area contributed by atoms with Gasteiger partial charge in [-0.1, -0.05) is 30.5 Å². The molecule has 1 aliphatic rings. The summed E-state index contributed by atoms with van der Waals surface area (Å²) in [4.78, 5) is 20.1. The van der Waals surface area contributed by atoms with Gasteiger partial charge < -0.3 is 5.32 Å². The molecule has 1 amide bonds. The van der Waals surface area contributed by atoms with Crippen molar-refractivity contribution >= 4 is 12.3 Å². The van der Waals surface area contributed by atoms with Crippen molar-refractivity contribution in [3.8, 4) is 0 Å². The molecule has 18 heavy (non-hydrogen) atoms. The number of amides is 1. The zero-order valence-electron chi connectivity index (χ0n) is 10.2. The fourth-order valence-corrected chi connectivity index (χ4v) is 2.03. The van der Waals surface area contributed by atoms with Gasteiger partial charge in [-0.2, -0.15) is 0 Å². The quantitative estimate of drug-likeness (QED) is 0.507. The Bertz CT molecular complexity index is 400. The summed E-state index contributed by atoms with van der Waals surface area (Å²) in [7, 11) is 0. The molecule has 96 valence electrons. The van der Waals surface area contributed by atoms with Crippen molar-refractivity contribution < 1.29 is 9.63 Å². The first-order chi connectivity index (χ1) is 8.84. The summed E-state index contributed by atoms with van der Waals surface area (Å²) in [6.45, 7) is 0. The van der Waals surface area contributed by atoms with Gasteiger partial charge in [0.25, 0.3) is 0 Å². The number of hydrogen-bond donors (Lipinski definition) is 1. The van der Waals surface area contributed by atoms with Gasteiger partial charge in [-0.3, -0.25) is 9.82 Å². The Balaban J connectivity index is 1.72. The lowest BCUT2D eigenvalue weighted by atomic mass is 9.96. The zero-order valence-corrected chi connectivity index (χ0v) is 10.2. The van der Waals surface area contributed by atoms with Crippen LogP contribution in [0.25, 0.3) is 0 Å². The van der Waals surface area contributed by atoms with Crippen LogP contribution in [0.3, 0.4) is 0 Å². The highest BCUT2D eigenvalue weighted by Gasteiger charge is 2.16. The normalized spacial score (nSPS) is 16.7. The van der Waals surface area contributed by atoms with Crippen LogP contribution in [-0.4, -0.2) is 23.3 Å². The van der Waals surface area contributed by atoms with Crippen molar-refractivity contribution in [2.24, 2.45) is 5.16 Å². The summed E-state index contributed by atoms with van der Waals surface area (Å²) < 4.78 is 0. The van der Waals surface area contributed by atoms with Gasteiger partial charge in [0, 0.05) is 24.0 Å². The predicted octanol–water partition coefficient (Wildman–Crippen LogP) is 2.47. The van der Waals surface area contributed by atoms with E-state index in [1.54, 1.807) is 18.5 Å². The lowest BCUT2D eigenvalue weighted by Crippen LogP contribution is -2.35. The Labute approximate surface area is 106 Å². The maximum Gasteiger partial charge on any atom is 0.433 e. The molecule has 0 radical (unpaired) electrons. The number of oxime groups is 1. The summed E-state index contributed by atoms with van der Waals surface area (Å²) in [5, 5.41) is 6.44. The summed E-state index contributed by atoms with van der Waals surface area (Å²) in [5.41, 5.74) is 0.794. The lowest BCUT2D eigenvalue weighted by molar-refractivity contribution is 0.144. The minimum Gasteiger partial charge on any atom is -0.317 e. The number of carbonyl (C=O) groups excluding carboxylic acids is 1. The van der Waals surface area contributed by atoms with E-state index in [2.05, 4.69) is 15.5 Å². The molecule has 1 aromatic rings. The van der Waals surface area contributed by atoms with Gasteiger partial charge >= 0.3 is 6.09 Å². The maximum atomic E-state index is 11.4. The standard InChI is InChI=1S/C13H17N3O2/c17-13(16-12-6-2-1-3-7-12)18-15-10-11-5-4-8-14-9-11/h4-5,8-10,12H,1-3,6-7H2,(H,16,17)/b15-10+. The van der Waals surface area contributed by atoms with E-state index < -0.39 is 6.09 Å². The van der Waals surface area contributed by atoms with Crippen LogP contribution in [0.2, 0.25) is 0 Å². The Kier molecular flexibility index (Phi) is 4.69. The summed E-state index contributed by atoms with van der Waals surface area (Å²) in [6.07, 6.45) is 9.96. The molecule has 0 spiro atoms. The third kappa shape index (κ3) is 4.16. The second kappa shape index (κ2) is 6.74. The molecule has 0 aromatic carbocycles. The average Bonchev–Trinajstić information content (AvgIpc) is 2.41. The number of nitrogens with zero attached hydrogens (tertiary/aromatic N) is 2. The lowest BCUT2D eigenvalue weighted by Gasteiger charge is -2.21. The fourth-order valence-electron chi connectivity index (χ4n) is 2.03. The highest BCUT2D eigenvalue weighted by Crippen LogP contribution is 2.17. The van der Waals surface area contributed by atoms with E-state index in [1.807, 2.05) is 6.07 Å². The van der Waals surface area contributed by atoms with E-state index in [4.69, 9.17) is 4.84 Å². The van der Waals surface area contributed by atoms with Gasteiger partial charge in [-0.15, -0.1) is 0 Å². The van der Waals surface area contributed by atoms with E-state index in [9.17, 15) is 4.79 Å². The summed E-state index contributed by atoms with van der Waals surface area (Å²) in [6, 6.07) is 3.86. The Morgan fingerprint density at radius 3 is 3.00 bits per heavy atom. The fraction of sp³-hybridized carbons (Fsp3) is 0.462. The third-order valence-electron chi connectivity index (χ3n) is 2.95. The molecule has 0 bridgehead atoms. The molecular weight excluding hydrogens is 230 g/mol. The zero-order chi connectivity index (χ0) is 12.6. The van der Waals surface area contributed by atoms with E-state index in [0.717, 1.165) is 18.4 Å². The largest absolute Gasteiger partial charge is 0.433 e. The maximum absolute atomic E-state index is 11.4. The van der Waals surface area contributed by atoms with Gasteiger partial charge in [-0.25, -0.2) is 4.79 Å². The Morgan fingerprint density at radius 2 is 2.28 bits per heavy atom. The number of hydrogen-bond acceptors (Lipinski definition) is 4. The average molecular weight is 247 g/mol. The third-order valence-corrected chi connectivity index (χ3v) is 2.95. The molecule has 5 nitrogen and oxygen atoms in total. The van der Waals surface area contributed by atoms with Crippen molar-refractivity contribution in [1.29, 1.82) is 0 Å². The molecule has 0 aliphatic heterocycles. The van der Waals surface area contributed by atoms with Gasteiger partial charge in [-0.05, 0) is 18.9 Å². The number of carbonyl (C=O) groups is 1. The molecule has 1 N–H and O–H groups in total. The molecule has 1 heterocycles. The molecule has 1 saturated carbocycles. The molecule has 1 aliphatic carbocycles. The minimum atomic E-state index is -0.484. The molecule has 1 fully saturated rings. The Hall–Kier alpha value is -1.91. The predicted molar refractivity (Wildman–Crippen MR) is 68.3 cm³/mol. The molecule has 0 atom stereocenters. The summed E-state index contributed by atoms with van der Waals surface area (Å²) >= 11 is 0. The van der Waals surface area contributed by atoms with Gasteiger partial charge in [0.2, 0.25) is 0 Å². The molecule has 0 saturated heterocycles. The van der Waals surface area contributed by atoms with Crippen molar-refractivity contribution in [3.63, 3.8) is 0 Å². The second-order valence-electron chi connectivity index (χ2n) is 4.38. The molecule has 5 heteroatoms. The van der Waals surface area contributed by atoms with Crippen LogP contribution in [0, 0.1) is 0 Å². The first-order valence-electron chi connectivity index (χ1n) is 6.25. The smallest absolute Gasteiger partial charge is 0.317 e. The highest BCUT2D eigenvalue weighted by atomic mass is 16.7. The van der Waals surface area contributed by atoms with Crippen LogP contribution in [0.4, 0.5) is 4.79 Å². The topological polar surface area (TPSA) is 63.6 Å². The SMILES string of the molecule is O=C(NC1CCCCC1)O/N=C/c1cccnc1. The van der Waals surface area contributed by atoms with Gasteiger partial charge in [0.05, 0.1) is 6.21 Å². The van der Waals surface area contributed by atoms with Crippen LogP contribution in [0.5, 0.6) is 0 Å². The number of pyridine rings is 1. The Morgan fingerprint density at radius 1 is 1.44 bits per heavy atom. The molecule has 1 aromatic heterocycles. The van der Waals surface area contributed by atoms with Crippen LogP contribution in [-0.2, 0) is 4.84 Å². The minimum absolute atomic E-state index is 0.236. The van der Waals surface area contributed by atoms with Crippen LogP contribution >= 0.6 is 0 Å². The van der Waals surface area contributed by atoms with Crippen LogP contribution in [0.1, 0.15) is 37.7 Å². The number of nitrogens with one attached hydrogen (secondary N) is 1. The first-order valence-corrected chi connectivity index (χ1v) is 6.25. The number of aromatic nitrogens is 1. The van der Waals surface area contributed by atoms with Crippen molar-refractivity contribution in [1.82, 2.24) is 10.3 Å². The van der Waals surface area contributed by atoms with E-state index >= 15 is 0 Å². The first kappa shape index (κ1) is 12.5. The van der Waals surface area contributed by atoms with E-state index in [1.165, 1.54) is 25.5 Å². The van der Waals surface area contributed by atoms with Crippen molar-refractivity contribution in [2.75, 3.05) is 0 Å². The molecule has 2 rings (SSSR count). The molecular formula is C13H17N3O2. The number of rotatable bonds is 3. The van der Waals surface area contributed by atoms with E-state index in [-0.39, 0.29) is 6.04 Å². The van der Waals surface area contributed by atoms with Crippen LogP contribution in [0.15, 0.2) is 29.7 Å². The highest BCUT2D eigenvalue weighted by molar-refractivity contribution is 5.79. The van der Waals surface area contributed by atoms with Crippen LogP contribution < -0.4 is 5.32 Å². The van der Waals surface area contributed by atoms with Gasteiger partial charge in [0.1, 0.15) is 0 Å². The van der Waals surface area contributed by atoms with Gasteiger partial charge in [0.15, 0.2) is 0 Å². The van der Waals surface area contributed by atoms with E-state index in [0.29, 0.717) is 0 Å². The van der Waals surface area contributed by atoms with Crippen molar-refractivity contribution in [2.45, 2.75) is 38.1 Å². The molecule has 0 unspecified atom stereocenters. The van der Waals surface area contributed by atoms with Crippen molar-refractivity contribution in [3.05, 3.63) is 30.1 Å². The monoisotopic (exact) mass is 247 g/mol. The summed E-state index contributed by atoms with van der Waals surface area (Å²) in [5.74, 6) is 0. The second-order valence-corrected chi connectivity index (χ2v) is 4.38.